The molecule has 4 nitrogen and oxygen atoms in total. The first-order valence-electron chi connectivity index (χ1n) is 14.3. The molecule has 0 radical (unpaired) electrons. The van der Waals surface area contributed by atoms with E-state index in [-0.39, 0.29) is 39.3 Å². The minimum atomic E-state index is -1.01. The standard InChI is InChI=1S/C31H48O4/c1-18(2)20(4)22(32)16-19(3)21-10-12-28(6)23-8-9-24-29(7,26(34)35)25(33)11-13-30(24)17-31(23,30)15-14-27(21,28)5/h18-19,21,23-25,33H,4,8-17H2,1-3,5-7H3,(H,34,35)/t19-,21-,23+,24+,25+,27-,28+,29+,30-,31+/m1/s1. The quantitative estimate of drug-likeness (QED) is 0.413. The van der Waals surface area contributed by atoms with Crippen molar-refractivity contribution >= 4 is 11.8 Å². The van der Waals surface area contributed by atoms with Crippen molar-refractivity contribution in [2.75, 3.05) is 0 Å². The number of carbonyl (C=O) groups excluding carboxylic acids is 1. The van der Waals surface area contributed by atoms with Gasteiger partial charge in [0.25, 0.3) is 0 Å². The monoisotopic (exact) mass is 484 g/mol. The summed E-state index contributed by atoms with van der Waals surface area (Å²) < 4.78 is 0. The zero-order valence-electron chi connectivity index (χ0n) is 23.0. The molecule has 5 saturated carbocycles. The lowest BCUT2D eigenvalue weighted by Gasteiger charge is -2.63. The average Bonchev–Trinajstić information content (AvgIpc) is 3.37. The molecule has 5 aliphatic rings. The van der Waals surface area contributed by atoms with Gasteiger partial charge in [0.2, 0.25) is 0 Å². The molecule has 4 heteroatoms. The van der Waals surface area contributed by atoms with Crippen molar-refractivity contribution in [2.24, 2.45) is 56.7 Å². The Kier molecular flexibility index (Phi) is 5.59. The fourth-order valence-corrected chi connectivity index (χ4v) is 11.2. The third-order valence-corrected chi connectivity index (χ3v) is 13.5. The van der Waals surface area contributed by atoms with Gasteiger partial charge in [0.05, 0.1) is 11.5 Å². The number of hydrogen-bond donors (Lipinski definition) is 2. The number of allylic oxidation sites excluding steroid dienone is 1. The molecule has 0 bridgehead atoms. The van der Waals surface area contributed by atoms with E-state index >= 15 is 0 Å². The highest BCUT2D eigenvalue weighted by Crippen LogP contribution is 2.89. The third-order valence-electron chi connectivity index (χ3n) is 13.5. The van der Waals surface area contributed by atoms with E-state index in [2.05, 4.69) is 41.2 Å². The number of hydrogen-bond acceptors (Lipinski definition) is 3. The van der Waals surface area contributed by atoms with Crippen molar-refractivity contribution in [1.82, 2.24) is 0 Å². The van der Waals surface area contributed by atoms with Gasteiger partial charge in [-0.3, -0.25) is 9.59 Å². The van der Waals surface area contributed by atoms with E-state index in [4.69, 9.17) is 0 Å². The lowest BCUT2D eigenvalue weighted by Crippen LogP contribution is -2.60. The molecule has 0 unspecified atom stereocenters. The Morgan fingerprint density at radius 1 is 0.886 bits per heavy atom. The summed E-state index contributed by atoms with van der Waals surface area (Å²) in [5, 5.41) is 21.1. The minimum Gasteiger partial charge on any atom is -0.481 e. The fraction of sp³-hybridized carbons (Fsp3) is 0.871. The first-order chi connectivity index (χ1) is 16.2. The summed E-state index contributed by atoms with van der Waals surface area (Å²) in [7, 11) is 0. The van der Waals surface area contributed by atoms with Crippen LogP contribution in [0.1, 0.15) is 106 Å². The van der Waals surface area contributed by atoms with Crippen molar-refractivity contribution in [3.63, 3.8) is 0 Å². The van der Waals surface area contributed by atoms with E-state index in [1.807, 2.05) is 6.92 Å². The molecule has 0 aromatic heterocycles. The van der Waals surface area contributed by atoms with Crippen LogP contribution in [0.2, 0.25) is 0 Å². The van der Waals surface area contributed by atoms with Gasteiger partial charge in [0, 0.05) is 6.42 Å². The summed E-state index contributed by atoms with van der Waals surface area (Å²) in [6.45, 7) is 17.4. The predicted molar refractivity (Wildman–Crippen MR) is 138 cm³/mol. The summed E-state index contributed by atoms with van der Waals surface area (Å²) in [5.41, 5.74) is 0.599. The van der Waals surface area contributed by atoms with Gasteiger partial charge >= 0.3 is 5.97 Å². The second-order valence-corrected chi connectivity index (χ2v) is 14.6. The number of carboxylic acids is 1. The molecule has 0 aliphatic heterocycles. The van der Waals surface area contributed by atoms with Crippen LogP contribution in [0, 0.1) is 56.7 Å². The lowest BCUT2D eigenvalue weighted by molar-refractivity contribution is -0.189. The van der Waals surface area contributed by atoms with Gasteiger partial charge in [-0.15, -0.1) is 0 Å². The predicted octanol–water partition coefficient (Wildman–Crippen LogP) is 6.66. The van der Waals surface area contributed by atoms with Gasteiger partial charge in [-0.1, -0.05) is 41.2 Å². The van der Waals surface area contributed by atoms with Crippen LogP contribution in [-0.4, -0.2) is 28.1 Å². The van der Waals surface area contributed by atoms with Crippen molar-refractivity contribution < 1.29 is 19.8 Å². The maximum Gasteiger partial charge on any atom is 0.312 e. The largest absolute Gasteiger partial charge is 0.481 e. The Bertz CT molecular complexity index is 954. The van der Waals surface area contributed by atoms with Crippen molar-refractivity contribution in [3.8, 4) is 0 Å². The molecule has 10 atom stereocenters. The number of carboxylic acid groups (broad SMARTS) is 1. The summed E-state index contributed by atoms with van der Waals surface area (Å²) in [4.78, 5) is 25.4. The SMILES string of the molecule is C=C(C(=O)C[C@@H](C)[C@H]1CC[C@@]2(C)[C@@H]3CC[C@H]4[C@](C)(C(=O)O)[C@@H](O)CC[C@@]45C[C@@]35CC[C@]12C)C(C)C. The Balaban J connectivity index is 1.42. The number of fused-ring (bicyclic) bond motifs is 2. The number of aliphatic hydroxyl groups excluding tert-OH is 1. The van der Waals surface area contributed by atoms with E-state index in [1.165, 1.54) is 32.1 Å². The van der Waals surface area contributed by atoms with E-state index in [9.17, 15) is 19.8 Å². The summed E-state index contributed by atoms with van der Waals surface area (Å²) in [6, 6.07) is 0. The molecule has 0 amide bonds. The Labute approximate surface area is 212 Å². The molecular weight excluding hydrogens is 436 g/mol. The summed E-state index contributed by atoms with van der Waals surface area (Å²) >= 11 is 0. The fourth-order valence-electron chi connectivity index (χ4n) is 11.2. The molecule has 5 rings (SSSR count). The highest BCUT2D eigenvalue weighted by molar-refractivity contribution is 5.95. The van der Waals surface area contributed by atoms with E-state index < -0.39 is 17.5 Å². The number of Topliss-reactive ketones (excluding diaryl/α,β-unsaturated/α-hetero) is 1. The Hall–Kier alpha value is -1.16. The second-order valence-electron chi connectivity index (χ2n) is 14.6. The number of aliphatic carboxylic acids is 1. The van der Waals surface area contributed by atoms with Crippen LogP contribution in [0.3, 0.4) is 0 Å². The zero-order chi connectivity index (χ0) is 25.8. The van der Waals surface area contributed by atoms with Crippen molar-refractivity contribution in [2.45, 2.75) is 112 Å². The van der Waals surface area contributed by atoms with E-state index in [0.29, 0.717) is 30.6 Å². The number of rotatable bonds is 6. The van der Waals surface area contributed by atoms with E-state index in [1.54, 1.807) is 0 Å². The highest BCUT2D eigenvalue weighted by Gasteiger charge is 2.83. The highest BCUT2D eigenvalue weighted by atomic mass is 16.4. The summed E-state index contributed by atoms with van der Waals surface area (Å²) in [6.07, 6.45) is 9.52. The van der Waals surface area contributed by atoms with Gasteiger partial charge in [-0.05, 0) is 122 Å². The van der Waals surface area contributed by atoms with Gasteiger partial charge in [-0.2, -0.15) is 0 Å². The molecule has 5 fully saturated rings. The molecule has 0 aromatic carbocycles. The second kappa shape index (κ2) is 7.68. The van der Waals surface area contributed by atoms with E-state index in [0.717, 1.165) is 24.8 Å². The molecule has 2 spiro atoms. The van der Waals surface area contributed by atoms with Gasteiger partial charge in [0.1, 0.15) is 0 Å². The van der Waals surface area contributed by atoms with Crippen LogP contribution >= 0.6 is 0 Å². The number of carbonyl (C=O) groups is 2. The zero-order valence-corrected chi connectivity index (χ0v) is 23.0. The van der Waals surface area contributed by atoms with Crippen LogP contribution in [-0.2, 0) is 9.59 Å². The van der Waals surface area contributed by atoms with Crippen LogP contribution in [0.25, 0.3) is 0 Å². The molecule has 5 aliphatic carbocycles. The molecule has 0 heterocycles. The molecular formula is C31H48O4. The molecule has 196 valence electrons. The maximum atomic E-state index is 12.9. The van der Waals surface area contributed by atoms with Crippen LogP contribution in [0.5, 0.6) is 0 Å². The van der Waals surface area contributed by atoms with Crippen molar-refractivity contribution in [3.05, 3.63) is 12.2 Å². The molecule has 0 saturated heterocycles. The molecule has 0 aromatic rings. The van der Waals surface area contributed by atoms with Crippen LogP contribution < -0.4 is 0 Å². The van der Waals surface area contributed by atoms with Crippen LogP contribution in [0.15, 0.2) is 12.2 Å². The maximum absolute atomic E-state index is 12.9. The molecule has 2 N–H and O–H groups in total. The number of ketones is 1. The van der Waals surface area contributed by atoms with Crippen molar-refractivity contribution in [1.29, 1.82) is 0 Å². The smallest absolute Gasteiger partial charge is 0.312 e. The molecule has 35 heavy (non-hydrogen) atoms. The Morgan fingerprint density at radius 2 is 1.51 bits per heavy atom. The van der Waals surface area contributed by atoms with Gasteiger partial charge < -0.3 is 10.2 Å². The third kappa shape index (κ3) is 2.95. The minimum absolute atomic E-state index is 0.0937. The Morgan fingerprint density at radius 3 is 2.14 bits per heavy atom. The normalized spacial score (nSPS) is 51.0. The average molecular weight is 485 g/mol. The topological polar surface area (TPSA) is 74.6 Å². The lowest BCUT2D eigenvalue weighted by atomic mass is 9.41. The first-order valence-corrected chi connectivity index (χ1v) is 14.3. The first kappa shape index (κ1) is 25.5. The number of aliphatic hydroxyl groups is 1. The van der Waals surface area contributed by atoms with Gasteiger partial charge in [-0.25, -0.2) is 0 Å². The van der Waals surface area contributed by atoms with Crippen LogP contribution in [0.4, 0.5) is 0 Å². The summed E-state index contributed by atoms with van der Waals surface area (Å²) in [5.74, 6) is 1.30. The van der Waals surface area contributed by atoms with Gasteiger partial charge in [0.15, 0.2) is 5.78 Å².